The average Bonchev–Trinajstić information content (AvgIpc) is 2.93. The van der Waals surface area contributed by atoms with E-state index in [2.05, 4.69) is 0 Å². The van der Waals surface area contributed by atoms with Crippen molar-refractivity contribution in [3.8, 4) is 16.9 Å². The number of hydrogen-bond acceptors (Lipinski definition) is 8. The van der Waals surface area contributed by atoms with Gasteiger partial charge in [0.1, 0.15) is 5.75 Å². The van der Waals surface area contributed by atoms with Crippen molar-refractivity contribution in [3.63, 3.8) is 0 Å². The Morgan fingerprint density at radius 3 is 1.85 bits per heavy atom. The Kier molecular flexibility index (Phi) is 14.1. The average molecular weight is 569 g/mol. The molecule has 8 nitrogen and oxygen atoms in total. The number of ether oxygens (including phenoxy) is 4. The monoisotopic (exact) mass is 568 g/mol. The van der Waals surface area contributed by atoms with E-state index in [0.717, 1.165) is 11.1 Å². The normalized spacial score (nSPS) is 13.3. The van der Waals surface area contributed by atoms with Crippen LogP contribution >= 0.6 is 0 Å². The van der Waals surface area contributed by atoms with Crippen LogP contribution in [0.5, 0.6) is 5.75 Å². The Bertz CT molecular complexity index is 1110. The van der Waals surface area contributed by atoms with Crippen LogP contribution in [0.25, 0.3) is 11.1 Å². The molecule has 3 atom stereocenters. The first-order chi connectivity index (χ1) is 19.5. The molecule has 0 aliphatic carbocycles. The molecule has 0 N–H and O–H groups in total. The van der Waals surface area contributed by atoms with Crippen LogP contribution in [0.15, 0.2) is 54.6 Å². The summed E-state index contributed by atoms with van der Waals surface area (Å²) in [6.45, 7) is 10.4. The number of carbonyl (C=O) groups is 4. The van der Waals surface area contributed by atoms with Crippen LogP contribution in [0.4, 0.5) is 0 Å². The van der Waals surface area contributed by atoms with E-state index in [-0.39, 0.29) is 37.6 Å². The zero-order valence-corrected chi connectivity index (χ0v) is 25.1. The fourth-order valence-electron chi connectivity index (χ4n) is 4.20. The first-order valence-corrected chi connectivity index (χ1v) is 14.4. The summed E-state index contributed by atoms with van der Waals surface area (Å²) in [5.74, 6) is -3.51. The first kappa shape index (κ1) is 33.5. The van der Waals surface area contributed by atoms with Crippen molar-refractivity contribution in [3.05, 3.63) is 54.6 Å². The van der Waals surface area contributed by atoms with Crippen molar-refractivity contribution >= 4 is 23.9 Å². The smallest absolute Gasteiger partial charge is 0.311 e. The molecule has 2 rings (SSSR count). The van der Waals surface area contributed by atoms with Crippen LogP contribution in [-0.4, -0.2) is 42.7 Å². The molecule has 0 saturated heterocycles. The standard InChI is InChI=1S/C33H44O8/c1-22(2)39-32(36)25(6)29(33(37)40-23(3)4)21-24(5)31(35)38-20-12-8-11-15-30(34)41-28-18-16-27(17-19-28)26-13-9-7-10-14-26/h7,9-10,13-14,16-19,22-25,29H,8,11-12,15,20-21H2,1-6H3. The summed E-state index contributed by atoms with van der Waals surface area (Å²) >= 11 is 0. The van der Waals surface area contributed by atoms with Gasteiger partial charge in [0.05, 0.1) is 36.6 Å². The van der Waals surface area contributed by atoms with Crippen LogP contribution < -0.4 is 4.74 Å². The molecule has 0 aliphatic heterocycles. The zero-order chi connectivity index (χ0) is 30.4. The molecule has 0 heterocycles. The fraction of sp³-hybridized carbons (Fsp3) is 0.515. The molecular weight excluding hydrogens is 524 g/mol. The summed E-state index contributed by atoms with van der Waals surface area (Å²) in [5.41, 5.74) is 2.14. The van der Waals surface area contributed by atoms with Gasteiger partial charge in [0.25, 0.3) is 0 Å². The molecule has 0 radical (unpaired) electrons. The molecule has 224 valence electrons. The Morgan fingerprint density at radius 2 is 1.24 bits per heavy atom. The van der Waals surface area contributed by atoms with Crippen molar-refractivity contribution in [2.75, 3.05) is 6.61 Å². The van der Waals surface area contributed by atoms with Crippen molar-refractivity contribution < 1.29 is 38.1 Å². The minimum Gasteiger partial charge on any atom is -0.465 e. The van der Waals surface area contributed by atoms with Gasteiger partial charge in [-0.05, 0) is 76.6 Å². The fourth-order valence-corrected chi connectivity index (χ4v) is 4.20. The summed E-state index contributed by atoms with van der Waals surface area (Å²) in [7, 11) is 0. The molecule has 8 heteroatoms. The maximum Gasteiger partial charge on any atom is 0.311 e. The third kappa shape index (κ3) is 12.2. The zero-order valence-electron chi connectivity index (χ0n) is 25.1. The molecule has 0 aliphatic rings. The molecule has 0 saturated carbocycles. The van der Waals surface area contributed by atoms with Crippen LogP contribution in [0.2, 0.25) is 0 Å². The van der Waals surface area contributed by atoms with E-state index >= 15 is 0 Å². The van der Waals surface area contributed by atoms with Crippen molar-refractivity contribution in [1.29, 1.82) is 0 Å². The van der Waals surface area contributed by atoms with E-state index < -0.39 is 35.7 Å². The maximum absolute atomic E-state index is 12.7. The van der Waals surface area contributed by atoms with E-state index in [0.29, 0.717) is 25.0 Å². The highest BCUT2D eigenvalue weighted by Crippen LogP contribution is 2.26. The molecule has 0 aromatic heterocycles. The predicted molar refractivity (Wildman–Crippen MR) is 156 cm³/mol. The molecule has 0 spiro atoms. The first-order valence-electron chi connectivity index (χ1n) is 14.4. The van der Waals surface area contributed by atoms with Crippen LogP contribution in [-0.2, 0) is 33.4 Å². The Hall–Kier alpha value is -3.68. The van der Waals surface area contributed by atoms with E-state index in [1.54, 1.807) is 53.7 Å². The van der Waals surface area contributed by atoms with E-state index in [9.17, 15) is 19.2 Å². The highest BCUT2D eigenvalue weighted by Gasteiger charge is 2.36. The predicted octanol–water partition coefficient (Wildman–Crippen LogP) is 6.54. The summed E-state index contributed by atoms with van der Waals surface area (Å²) in [6, 6.07) is 17.3. The van der Waals surface area contributed by atoms with Crippen molar-refractivity contribution in [2.45, 2.75) is 85.9 Å². The number of hydrogen-bond donors (Lipinski definition) is 0. The van der Waals surface area contributed by atoms with Gasteiger partial charge in [-0.25, -0.2) is 0 Å². The highest BCUT2D eigenvalue weighted by molar-refractivity contribution is 5.83. The lowest BCUT2D eigenvalue weighted by molar-refractivity contribution is -0.166. The van der Waals surface area contributed by atoms with Crippen molar-refractivity contribution in [1.82, 2.24) is 0 Å². The van der Waals surface area contributed by atoms with E-state index in [1.165, 1.54) is 0 Å². The number of esters is 4. The lowest BCUT2D eigenvalue weighted by atomic mass is 9.85. The Morgan fingerprint density at radius 1 is 0.659 bits per heavy atom. The van der Waals surface area contributed by atoms with Gasteiger partial charge in [0.2, 0.25) is 0 Å². The SMILES string of the molecule is CC(C)OC(=O)C(C)C(CC(C)C(=O)OCCCCCC(=O)Oc1ccc(-c2ccccc2)cc1)C(=O)OC(C)C. The Labute approximate surface area is 243 Å². The van der Waals surface area contributed by atoms with Gasteiger partial charge in [-0.15, -0.1) is 0 Å². The largest absolute Gasteiger partial charge is 0.465 e. The minimum absolute atomic E-state index is 0.108. The van der Waals surface area contributed by atoms with Crippen molar-refractivity contribution in [2.24, 2.45) is 17.8 Å². The van der Waals surface area contributed by atoms with Crippen LogP contribution in [0.1, 0.15) is 73.6 Å². The molecule has 3 unspecified atom stereocenters. The number of benzene rings is 2. The van der Waals surface area contributed by atoms with Gasteiger partial charge in [0.15, 0.2) is 0 Å². The second-order valence-electron chi connectivity index (χ2n) is 10.8. The second kappa shape index (κ2) is 17.2. The molecule has 2 aromatic rings. The lowest BCUT2D eigenvalue weighted by Gasteiger charge is -2.25. The van der Waals surface area contributed by atoms with Gasteiger partial charge in [0, 0.05) is 6.42 Å². The molecule has 2 aromatic carbocycles. The molecule has 0 amide bonds. The molecular formula is C33H44O8. The molecule has 0 bridgehead atoms. The van der Waals surface area contributed by atoms with Gasteiger partial charge in [-0.1, -0.05) is 56.3 Å². The second-order valence-corrected chi connectivity index (χ2v) is 10.8. The quantitative estimate of drug-likeness (QED) is 0.0972. The van der Waals surface area contributed by atoms with Crippen LogP contribution in [0.3, 0.4) is 0 Å². The Balaban J connectivity index is 1.72. The summed E-state index contributed by atoms with van der Waals surface area (Å²) in [6.07, 6.45) is 1.58. The van der Waals surface area contributed by atoms with Gasteiger partial charge >= 0.3 is 23.9 Å². The minimum atomic E-state index is -0.827. The summed E-state index contributed by atoms with van der Waals surface area (Å²) in [4.78, 5) is 49.9. The van der Waals surface area contributed by atoms with Crippen LogP contribution in [0, 0.1) is 17.8 Å². The molecule has 0 fully saturated rings. The van der Waals surface area contributed by atoms with Gasteiger partial charge in [-0.3, -0.25) is 19.2 Å². The van der Waals surface area contributed by atoms with E-state index in [4.69, 9.17) is 18.9 Å². The van der Waals surface area contributed by atoms with E-state index in [1.807, 2.05) is 42.5 Å². The number of carbonyl (C=O) groups excluding carboxylic acids is 4. The summed E-state index contributed by atoms with van der Waals surface area (Å²) in [5, 5.41) is 0. The number of rotatable bonds is 16. The highest BCUT2D eigenvalue weighted by atomic mass is 16.6. The topological polar surface area (TPSA) is 105 Å². The van der Waals surface area contributed by atoms with Gasteiger partial charge < -0.3 is 18.9 Å². The lowest BCUT2D eigenvalue weighted by Crippen LogP contribution is -2.35. The number of unbranched alkanes of at least 4 members (excludes halogenated alkanes) is 2. The maximum atomic E-state index is 12.7. The third-order valence-electron chi connectivity index (χ3n) is 6.45. The van der Waals surface area contributed by atoms with Gasteiger partial charge in [-0.2, -0.15) is 0 Å². The molecule has 41 heavy (non-hydrogen) atoms. The summed E-state index contributed by atoms with van der Waals surface area (Å²) < 4.78 is 21.4. The third-order valence-corrected chi connectivity index (χ3v) is 6.45.